The van der Waals surface area contributed by atoms with Crippen molar-refractivity contribution >= 4 is 17.7 Å². The number of hydrogen-bond donors (Lipinski definition) is 2. The molecule has 4 heteroatoms. The molecule has 0 atom stereocenters. The van der Waals surface area contributed by atoms with Crippen molar-refractivity contribution < 1.29 is 9.53 Å². The van der Waals surface area contributed by atoms with Gasteiger partial charge in [0.1, 0.15) is 0 Å². The smallest absolute Gasteiger partial charge is 0.153 e. The third-order valence-electron chi connectivity index (χ3n) is 5.54. The first-order chi connectivity index (χ1) is 14.2. The summed E-state index contributed by atoms with van der Waals surface area (Å²) in [5, 5.41) is 0. The fourth-order valence-electron chi connectivity index (χ4n) is 3.78. The predicted molar refractivity (Wildman–Crippen MR) is 126 cm³/mol. The van der Waals surface area contributed by atoms with Gasteiger partial charge < -0.3 is 16.2 Å². The van der Waals surface area contributed by atoms with Gasteiger partial charge in [-0.2, -0.15) is 0 Å². The SMILES string of the molecule is CCCCCCCCCCCCCCCCCCOc1c(N)cc(N)cc1C=O. The molecule has 0 radical (unpaired) electrons. The molecule has 0 aromatic heterocycles. The Morgan fingerprint density at radius 1 is 0.724 bits per heavy atom. The molecule has 0 spiro atoms. The Hall–Kier alpha value is -1.71. The van der Waals surface area contributed by atoms with E-state index in [9.17, 15) is 4.79 Å². The average molecular weight is 405 g/mol. The van der Waals surface area contributed by atoms with Crippen molar-refractivity contribution in [1.82, 2.24) is 0 Å². The molecule has 166 valence electrons. The minimum absolute atomic E-state index is 0.430. The van der Waals surface area contributed by atoms with Gasteiger partial charge in [-0.15, -0.1) is 0 Å². The fourth-order valence-corrected chi connectivity index (χ4v) is 3.78. The number of benzene rings is 1. The topological polar surface area (TPSA) is 78.3 Å². The fraction of sp³-hybridized carbons (Fsp3) is 0.720. The van der Waals surface area contributed by atoms with Gasteiger partial charge in [-0.05, 0) is 18.6 Å². The van der Waals surface area contributed by atoms with Crippen molar-refractivity contribution in [2.45, 2.75) is 110 Å². The molecule has 0 aliphatic rings. The lowest BCUT2D eigenvalue weighted by Crippen LogP contribution is -2.04. The standard InChI is InChI=1S/C25H44N2O2/c1-2-3-4-5-6-7-8-9-10-11-12-13-14-15-16-17-18-29-25-22(21-28)19-23(26)20-24(25)27/h19-21H,2-18,26-27H2,1H3. The molecule has 0 unspecified atom stereocenters. The van der Waals surface area contributed by atoms with Gasteiger partial charge in [-0.3, -0.25) is 4.79 Å². The molecule has 0 heterocycles. The molecule has 4 nitrogen and oxygen atoms in total. The summed E-state index contributed by atoms with van der Waals surface area (Å²) in [6.45, 7) is 2.87. The Kier molecular flexibility index (Phi) is 15.0. The van der Waals surface area contributed by atoms with Gasteiger partial charge >= 0.3 is 0 Å². The molecule has 29 heavy (non-hydrogen) atoms. The number of nitrogen functional groups attached to an aromatic ring is 2. The molecule has 0 bridgehead atoms. The maximum absolute atomic E-state index is 11.1. The number of hydrogen-bond acceptors (Lipinski definition) is 4. The van der Waals surface area contributed by atoms with Gasteiger partial charge in [-0.1, -0.05) is 103 Å². The second-order valence-electron chi connectivity index (χ2n) is 8.30. The summed E-state index contributed by atoms with van der Waals surface area (Å²) in [5.41, 5.74) is 13.0. The van der Waals surface area contributed by atoms with Gasteiger partial charge in [0.25, 0.3) is 0 Å². The summed E-state index contributed by atoms with van der Waals surface area (Å²) in [6, 6.07) is 3.24. The molecule has 1 aromatic carbocycles. The van der Waals surface area contributed by atoms with E-state index >= 15 is 0 Å². The highest BCUT2D eigenvalue weighted by Crippen LogP contribution is 2.28. The normalized spacial score (nSPS) is 10.9. The maximum atomic E-state index is 11.1. The summed E-state index contributed by atoms with van der Waals surface area (Å²) in [6.07, 6.45) is 22.3. The molecular weight excluding hydrogens is 360 g/mol. The first-order valence-corrected chi connectivity index (χ1v) is 12.0. The molecule has 0 aliphatic carbocycles. The second-order valence-corrected chi connectivity index (χ2v) is 8.30. The average Bonchev–Trinajstić information content (AvgIpc) is 2.71. The third-order valence-corrected chi connectivity index (χ3v) is 5.54. The molecular formula is C25H44N2O2. The number of nitrogens with two attached hydrogens (primary N) is 2. The zero-order chi connectivity index (χ0) is 21.2. The van der Waals surface area contributed by atoms with Crippen LogP contribution >= 0.6 is 0 Å². The van der Waals surface area contributed by atoms with Crippen LogP contribution in [0, 0.1) is 0 Å². The van der Waals surface area contributed by atoms with Crippen LogP contribution in [0.15, 0.2) is 12.1 Å². The maximum Gasteiger partial charge on any atom is 0.153 e. The first kappa shape index (κ1) is 25.3. The lowest BCUT2D eigenvalue weighted by Gasteiger charge is -2.12. The van der Waals surface area contributed by atoms with E-state index in [2.05, 4.69) is 6.92 Å². The monoisotopic (exact) mass is 404 g/mol. The van der Waals surface area contributed by atoms with Crippen LogP contribution in [0.1, 0.15) is 120 Å². The minimum atomic E-state index is 0.430. The lowest BCUT2D eigenvalue weighted by atomic mass is 10.0. The van der Waals surface area contributed by atoms with Crippen LogP contribution < -0.4 is 16.2 Å². The van der Waals surface area contributed by atoms with E-state index in [1.807, 2.05) is 0 Å². The Labute approximate surface area is 178 Å². The van der Waals surface area contributed by atoms with Crippen LogP contribution in [0.25, 0.3) is 0 Å². The van der Waals surface area contributed by atoms with Gasteiger partial charge in [0.2, 0.25) is 0 Å². The quantitative estimate of drug-likeness (QED) is 0.144. The van der Waals surface area contributed by atoms with E-state index in [1.165, 1.54) is 89.9 Å². The number of unbranched alkanes of at least 4 members (excludes halogenated alkanes) is 15. The molecule has 0 aliphatic heterocycles. The van der Waals surface area contributed by atoms with E-state index in [0.29, 0.717) is 29.3 Å². The van der Waals surface area contributed by atoms with Crippen molar-refractivity contribution in [3.05, 3.63) is 17.7 Å². The Balaban J connectivity index is 1.89. The Bertz CT molecular complexity index is 546. The van der Waals surface area contributed by atoms with Gasteiger partial charge in [0, 0.05) is 5.69 Å². The number of carbonyl (C=O) groups is 1. The van der Waals surface area contributed by atoms with Crippen molar-refractivity contribution in [3.8, 4) is 5.75 Å². The van der Waals surface area contributed by atoms with Crippen molar-refractivity contribution in [2.75, 3.05) is 18.1 Å². The van der Waals surface area contributed by atoms with E-state index in [1.54, 1.807) is 12.1 Å². The van der Waals surface area contributed by atoms with E-state index in [-0.39, 0.29) is 0 Å². The van der Waals surface area contributed by atoms with Crippen LogP contribution in [-0.4, -0.2) is 12.9 Å². The molecule has 0 fully saturated rings. The summed E-state index contributed by atoms with van der Waals surface area (Å²) < 4.78 is 5.72. The van der Waals surface area contributed by atoms with Crippen LogP contribution in [0.5, 0.6) is 5.75 Å². The number of aldehydes is 1. The number of ether oxygens (including phenoxy) is 1. The second kappa shape index (κ2) is 17.2. The largest absolute Gasteiger partial charge is 0.491 e. The lowest BCUT2D eigenvalue weighted by molar-refractivity contribution is 0.111. The van der Waals surface area contributed by atoms with Crippen LogP contribution in [0.3, 0.4) is 0 Å². The molecule has 1 aromatic rings. The number of rotatable bonds is 19. The van der Waals surface area contributed by atoms with Crippen molar-refractivity contribution in [1.29, 1.82) is 0 Å². The summed E-state index contributed by atoms with van der Waals surface area (Å²) in [4.78, 5) is 11.1. The van der Waals surface area contributed by atoms with Crippen LogP contribution in [0.4, 0.5) is 11.4 Å². The Morgan fingerprint density at radius 3 is 1.62 bits per heavy atom. The first-order valence-electron chi connectivity index (χ1n) is 12.0. The Morgan fingerprint density at radius 2 is 1.17 bits per heavy atom. The van der Waals surface area contributed by atoms with E-state index in [0.717, 1.165) is 19.1 Å². The van der Waals surface area contributed by atoms with Gasteiger partial charge in [-0.25, -0.2) is 0 Å². The van der Waals surface area contributed by atoms with Crippen molar-refractivity contribution in [3.63, 3.8) is 0 Å². The van der Waals surface area contributed by atoms with Crippen LogP contribution in [0.2, 0.25) is 0 Å². The minimum Gasteiger partial charge on any atom is -0.491 e. The predicted octanol–water partition coefficient (Wildman–Crippen LogP) is 7.30. The summed E-state index contributed by atoms with van der Waals surface area (Å²) in [5.74, 6) is 0.468. The molecule has 1 rings (SSSR count). The third kappa shape index (κ3) is 12.5. The van der Waals surface area contributed by atoms with E-state index in [4.69, 9.17) is 16.2 Å². The highest BCUT2D eigenvalue weighted by Gasteiger charge is 2.08. The van der Waals surface area contributed by atoms with E-state index < -0.39 is 0 Å². The summed E-state index contributed by atoms with van der Waals surface area (Å²) in [7, 11) is 0. The van der Waals surface area contributed by atoms with Gasteiger partial charge in [0.15, 0.2) is 12.0 Å². The zero-order valence-electron chi connectivity index (χ0n) is 18.7. The number of anilines is 2. The highest BCUT2D eigenvalue weighted by atomic mass is 16.5. The zero-order valence-corrected chi connectivity index (χ0v) is 18.7. The number of carbonyl (C=O) groups excluding carboxylic acids is 1. The molecule has 0 saturated heterocycles. The molecule has 4 N–H and O–H groups in total. The molecule has 0 saturated carbocycles. The van der Waals surface area contributed by atoms with Crippen LogP contribution in [-0.2, 0) is 0 Å². The van der Waals surface area contributed by atoms with Gasteiger partial charge in [0.05, 0.1) is 17.9 Å². The molecule has 0 amide bonds. The highest BCUT2D eigenvalue weighted by molar-refractivity contribution is 5.85. The summed E-state index contributed by atoms with van der Waals surface area (Å²) >= 11 is 0. The van der Waals surface area contributed by atoms with Crippen molar-refractivity contribution in [2.24, 2.45) is 0 Å².